The second kappa shape index (κ2) is 6.27. The number of halogens is 1. The van der Waals surface area contributed by atoms with Crippen molar-refractivity contribution in [3.05, 3.63) is 34.8 Å². The number of hydrogen-bond donors (Lipinski definition) is 1. The molecule has 1 aromatic heterocycles. The van der Waals surface area contributed by atoms with Crippen molar-refractivity contribution in [3.8, 4) is 11.8 Å². The van der Waals surface area contributed by atoms with E-state index in [-0.39, 0.29) is 22.6 Å². The summed E-state index contributed by atoms with van der Waals surface area (Å²) in [7, 11) is -0.980. The van der Waals surface area contributed by atoms with Gasteiger partial charge in [0.1, 0.15) is 0 Å². The number of hydrogen-bond acceptors (Lipinski definition) is 6. The Hall–Kier alpha value is -1.87. The van der Waals surface area contributed by atoms with Crippen molar-refractivity contribution in [2.75, 3.05) is 18.9 Å². The van der Waals surface area contributed by atoms with Crippen LogP contribution in [0, 0.1) is 0 Å². The first kappa shape index (κ1) is 15.5. The Morgan fingerprint density at radius 3 is 2.24 bits per heavy atom. The molecule has 0 fully saturated rings. The molecular weight excluding hydrogens is 362 g/mol. The third-order valence-corrected chi connectivity index (χ3v) is 4.25. The molecule has 0 amide bonds. The largest absolute Gasteiger partial charge is 0.481 e. The summed E-state index contributed by atoms with van der Waals surface area (Å²) >= 11 is 3.22. The van der Waals surface area contributed by atoms with E-state index in [0.717, 1.165) is 0 Å². The van der Waals surface area contributed by atoms with Crippen molar-refractivity contribution in [1.29, 1.82) is 0 Å². The Balaban J connectivity index is 2.36. The maximum absolute atomic E-state index is 12.3. The van der Waals surface area contributed by atoms with E-state index < -0.39 is 10.0 Å². The first-order valence-corrected chi connectivity index (χ1v) is 7.97. The summed E-state index contributed by atoms with van der Waals surface area (Å²) in [4.78, 5) is 7.92. The number of benzene rings is 1. The van der Waals surface area contributed by atoms with Crippen LogP contribution in [0.4, 0.5) is 5.95 Å². The van der Waals surface area contributed by atoms with Gasteiger partial charge in [-0.25, -0.2) is 13.1 Å². The van der Waals surface area contributed by atoms with Crippen molar-refractivity contribution in [2.24, 2.45) is 0 Å². The summed E-state index contributed by atoms with van der Waals surface area (Å²) < 4.78 is 37.4. The van der Waals surface area contributed by atoms with Crippen LogP contribution in [0.2, 0.25) is 0 Å². The van der Waals surface area contributed by atoms with E-state index in [2.05, 4.69) is 30.6 Å². The Morgan fingerprint density at radius 1 is 1.10 bits per heavy atom. The third kappa shape index (κ3) is 3.82. The molecule has 0 radical (unpaired) electrons. The number of methoxy groups -OCH3 is 2. The first-order valence-electron chi connectivity index (χ1n) is 5.70. The van der Waals surface area contributed by atoms with Gasteiger partial charge in [0.2, 0.25) is 17.7 Å². The highest BCUT2D eigenvalue weighted by atomic mass is 79.9. The molecule has 2 aromatic rings. The highest BCUT2D eigenvalue weighted by molar-refractivity contribution is 9.10. The van der Waals surface area contributed by atoms with Crippen molar-refractivity contribution >= 4 is 31.9 Å². The topological polar surface area (TPSA) is 90.4 Å². The number of rotatable bonds is 5. The van der Waals surface area contributed by atoms with Gasteiger partial charge >= 0.3 is 0 Å². The zero-order valence-corrected chi connectivity index (χ0v) is 13.6. The van der Waals surface area contributed by atoms with Crippen LogP contribution in [0.1, 0.15) is 0 Å². The molecule has 1 heterocycles. The van der Waals surface area contributed by atoms with E-state index >= 15 is 0 Å². The summed E-state index contributed by atoms with van der Waals surface area (Å²) in [6, 6.07) is 7.72. The van der Waals surface area contributed by atoms with Crippen LogP contribution in [-0.2, 0) is 10.0 Å². The highest BCUT2D eigenvalue weighted by Crippen LogP contribution is 2.21. The number of nitrogens with zero attached hydrogens (tertiary/aromatic N) is 2. The predicted octanol–water partition coefficient (Wildman–Crippen LogP) is 2.06. The lowest BCUT2D eigenvalue weighted by atomic mass is 10.4. The van der Waals surface area contributed by atoms with Crippen LogP contribution in [0.3, 0.4) is 0 Å². The van der Waals surface area contributed by atoms with Crippen LogP contribution in [0.15, 0.2) is 39.7 Å². The van der Waals surface area contributed by atoms with Crippen LogP contribution in [-0.4, -0.2) is 32.6 Å². The number of nitrogens with one attached hydrogen (secondary N) is 1. The number of anilines is 1. The molecule has 21 heavy (non-hydrogen) atoms. The number of ether oxygens (including phenoxy) is 2. The summed E-state index contributed by atoms with van der Waals surface area (Å²) in [5.41, 5.74) is 0. The molecule has 112 valence electrons. The lowest BCUT2D eigenvalue weighted by Gasteiger charge is -2.09. The van der Waals surface area contributed by atoms with Gasteiger partial charge in [-0.1, -0.05) is 22.0 Å². The van der Waals surface area contributed by atoms with Crippen LogP contribution in [0.25, 0.3) is 0 Å². The molecular formula is C12H12BrN3O4S. The summed E-state index contributed by atoms with van der Waals surface area (Å²) in [6.07, 6.45) is 0. The van der Waals surface area contributed by atoms with Gasteiger partial charge in [-0.2, -0.15) is 9.97 Å². The van der Waals surface area contributed by atoms with Crippen LogP contribution < -0.4 is 14.2 Å². The van der Waals surface area contributed by atoms with Crippen molar-refractivity contribution < 1.29 is 17.9 Å². The smallest absolute Gasteiger partial charge is 0.264 e. The number of aromatic nitrogens is 2. The fraction of sp³-hybridized carbons (Fsp3) is 0.167. The second-order valence-corrected chi connectivity index (χ2v) is 6.44. The van der Waals surface area contributed by atoms with E-state index in [4.69, 9.17) is 9.47 Å². The zero-order valence-electron chi connectivity index (χ0n) is 11.2. The Bertz CT molecular complexity index is 730. The van der Waals surface area contributed by atoms with Gasteiger partial charge in [-0.15, -0.1) is 0 Å². The highest BCUT2D eigenvalue weighted by Gasteiger charge is 2.17. The van der Waals surface area contributed by atoms with Crippen LogP contribution in [0.5, 0.6) is 11.8 Å². The molecule has 2 rings (SSSR count). The normalized spacial score (nSPS) is 11.0. The maximum Gasteiger partial charge on any atom is 0.264 e. The molecule has 7 nitrogen and oxygen atoms in total. The van der Waals surface area contributed by atoms with E-state index in [1.54, 1.807) is 12.1 Å². The molecule has 9 heteroatoms. The fourth-order valence-corrected chi connectivity index (χ4v) is 3.01. The zero-order chi connectivity index (χ0) is 15.5. The monoisotopic (exact) mass is 373 g/mol. The molecule has 0 saturated heterocycles. The maximum atomic E-state index is 12.3. The van der Waals surface area contributed by atoms with E-state index in [1.807, 2.05) is 0 Å². The minimum atomic E-state index is -3.80. The molecule has 0 aliphatic rings. The molecule has 0 bridgehead atoms. The lowest BCUT2D eigenvalue weighted by Crippen LogP contribution is -2.15. The van der Waals surface area contributed by atoms with Crippen molar-refractivity contribution in [1.82, 2.24) is 9.97 Å². The molecule has 0 unspecified atom stereocenters. The molecule has 0 atom stereocenters. The lowest BCUT2D eigenvalue weighted by molar-refractivity contribution is 0.373. The van der Waals surface area contributed by atoms with Gasteiger partial charge in [0.05, 0.1) is 25.2 Å². The third-order valence-electron chi connectivity index (χ3n) is 2.43. The van der Waals surface area contributed by atoms with Crippen molar-refractivity contribution in [2.45, 2.75) is 4.90 Å². The predicted molar refractivity (Wildman–Crippen MR) is 80.1 cm³/mol. The summed E-state index contributed by atoms with van der Waals surface area (Å²) in [6.45, 7) is 0. The first-order chi connectivity index (χ1) is 9.94. The van der Waals surface area contributed by atoms with E-state index in [9.17, 15) is 8.42 Å². The van der Waals surface area contributed by atoms with Crippen molar-refractivity contribution in [3.63, 3.8) is 0 Å². The van der Waals surface area contributed by atoms with Gasteiger partial charge < -0.3 is 9.47 Å². The van der Waals surface area contributed by atoms with Gasteiger partial charge in [0, 0.05) is 4.47 Å². The van der Waals surface area contributed by atoms with Gasteiger partial charge in [-0.05, 0) is 18.2 Å². The van der Waals surface area contributed by atoms with Gasteiger partial charge in [0.25, 0.3) is 10.0 Å². The average Bonchev–Trinajstić information content (AvgIpc) is 2.46. The second-order valence-electron chi connectivity index (χ2n) is 3.84. The summed E-state index contributed by atoms with van der Waals surface area (Å²) in [5.74, 6) is 0.244. The van der Waals surface area contributed by atoms with Gasteiger partial charge in [-0.3, -0.25) is 0 Å². The Morgan fingerprint density at radius 2 is 1.71 bits per heavy atom. The Kier molecular flexibility index (Phi) is 4.63. The van der Waals surface area contributed by atoms with E-state index in [0.29, 0.717) is 4.47 Å². The summed E-state index contributed by atoms with van der Waals surface area (Å²) in [5, 5.41) is 0. The molecule has 1 N–H and O–H groups in total. The standard InChI is InChI=1S/C12H12BrN3O4S/c1-19-10-7-11(20-2)15-12(14-10)16-21(17,18)9-5-3-4-8(13)6-9/h3-7H,1-2H3,(H,14,15,16). The van der Waals surface area contributed by atoms with Crippen LogP contribution >= 0.6 is 15.9 Å². The molecule has 1 aromatic carbocycles. The SMILES string of the molecule is COc1cc(OC)nc(NS(=O)(=O)c2cccc(Br)c2)n1. The molecule has 0 aliphatic heterocycles. The van der Waals surface area contributed by atoms with Gasteiger partial charge in [0.15, 0.2) is 0 Å². The van der Waals surface area contributed by atoms with E-state index in [1.165, 1.54) is 32.4 Å². The molecule has 0 saturated carbocycles. The minimum absolute atomic E-state index is 0.0854. The number of sulfonamides is 1. The minimum Gasteiger partial charge on any atom is -0.481 e. The average molecular weight is 374 g/mol. The molecule has 0 spiro atoms. The Labute approximate surface area is 130 Å². The fourth-order valence-electron chi connectivity index (χ4n) is 1.47. The quantitative estimate of drug-likeness (QED) is 0.862. The molecule has 0 aliphatic carbocycles.